The summed E-state index contributed by atoms with van der Waals surface area (Å²) in [7, 11) is 28.8. The van der Waals surface area contributed by atoms with Gasteiger partial charge in [-0.05, 0) is 13.3 Å². The fourth-order valence-electron chi connectivity index (χ4n) is 1.68. The molecule has 19 heavy (non-hydrogen) atoms. The SMILES string of the molecule is [B]c1c([B])c([B])c(C[C@H](N)C(=O)OCC)c([B])c1[B]. The highest BCUT2D eigenvalue weighted by atomic mass is 16.5. The van der Waals surface area contributed by atoms with E-state index in [1.807, 2.05) is 0 Å². The van der Waals surface area contributed by atoms with E-state index in [9.17, 15) is 4.79 Å². The molecule has 1 atom stereocenters. The number of esters is 1. The number of hydrogen-bond acceptors (Lipinski definition) is 3. The normalized spacial score (nSPS) is 12.1. The molecule has 1 aromatic carbocycles. The maximum absolute atomic E-state index is 11.5. The second-order valence-corrected chi connectivity index (χ2v) is 4.11. The Hall–Kier alpha value is -1.03. The van der Waals surface area contributed by atoms with Gasteiger partial charge in [-0.3, -0.25) is 4.79 Å². The molecule has 0 aromatic heterocycles. The fourth-order valence-corrected chi connectivity index (χ4v) is 1.68. The average molecular weight is 242 g/mol. The van der Waals surface area contributed by atoms with Gasteiger partial charge in [-0.25, -0.2) is 0 Å². The van der Waals surface area contributed by atoms with E-state index in [0.717, 1.165) is 0 Å². The zero-order valence-electron chi connectivity index (χ0n) is 10.8. The van der Waals surface area contributed by atoms with E-state index < -0.39 is 12.0 Å². The number of rotatable bonds is 4. The van der Waals surface area contributed by atoms with Crippen LogP contribution in [0.4, 0.5) is 0 Å². The Balaban J connectivity index is 3.12. The van der Waals surface area contributed by atoms with Gasteiger partial charge in [0.2, 0.25) is 0 Å². The number of benzene rings is 1. The number of carbonyl (C=O) groups is 1. The van der Waals surface area contributed by atoms with Crippen molar-refractivity contribution in [3.05, 3.63) is 5.56 Å². The van der Waals surface area contributed by atoms with Crippen LogP contribution in [0.5, 0.6) is 0 Å². The molecule has 0 unspecified atom stereocenters. The summed E-state index contributed by atoms with van der Waals surface area (Å²) in [6.45, 7) is 1.93. The summed E-state index contributed by atoms with van der Waals surface area (Å²) in [5.41, 5.74) is 6.89. The first kappa shape index (κ1) is 16.0. The van der Waals surface area contributed by atoms with Crippen LogP contribution in [0.1, 0.15) is 12.5 Å². The van der Waals surface area contributed by atoms with Crippen molar-refractivity contribution in [2.45, 2.75) is 19.4 Å². The van der Waals surface area contributed by atoms with Gasteiger partial charge in [0.25, 0.3) is 0 Å². The Kier molecular flexibility index (Phi) is 5.42. The van der Waals surface area contributed by atoms with Crippen LogP contribution in [-0.2, 0) is 16.0 Å². The first-order valence-corrected chi connectivity index (χ1v) is 5.73. The largest absolute Gasteiger partial charge is 0.465 e. The third-order valence-corrected chi connectivity index (χ3v) is 2.82. The summed E-state index contributed by atoms with van der Waals surface area (Å²) in [4.78, 5) is 11.5. The fraction of sp³-hybridized carbons (Fsp3) is 0.364. The lowest BCUT2D eigenvalue weighted by atomic mass is 9.60. The van der Waals surface area contributed by atoms with E-state index in [0.29, 0.717) is 5.56 Å². The standard InChI is InChI=1S/C11H10B5NO2/c1-2-19-11(18)5(17)3-4-6(12)8(14)10(16)9(15)7(4)13/h5H,2-3,17H2,1H3/t5-/m0/s1. The minimum absolute atomic E-state index is 0.0746. The molecule has 0 heterocycles. The highest BCUT2D eigenvalue weighted by molar-refractivity contribution is 6.67. The van der Waals surface area contributed by atoms with Crippen LogP contribution in [0.3, 0.4) is 0 Å². The first-order valence-electron chi connectivity index (χ1n) is 5.73. The lowest BCUT2D eigenvalue weighted by Crippen LogP contribution is -2.57. The molecule has 0 bridgehead atoms. The van der Waals surface area contributed by atoms with Gasteiger partial charge in [0.05, 0.1) is 6.61 Å². The summed E-state index contributed by atoms with van der Waals surface area (Å²) < 4.78 is 4.81. The molecule has 0 aliphatic carbocycles. The van der Waals surface area contributed by atoms with Gasteiger partial charge in [-0.2, -0.15) is 0 Å². The maximum atomic E-state index is 11.5. The Morgan fingerprint density at radius 3 is 1.89 bits per heavy atom. The van der Waals surface area contributed by atoms with Crippen molar-refractivity contribution in [2.75, 3.05) is 6.61 Å². The van der Waals surface area contributed by atoms with Crippen LogP contribution >= 0.6 is 0 Å². The van der Waals surface area contributed by atoms with E-state index in [4.69, 9.17) is 49.7 Å². The smallest absolute Gasteiger partial charge is 0.323 e. The van der Waals surface area contributed by atoms with E-state index in [-0.39, 0.29) is 40.3 Å². The molecule has 86 valence electrons. The predicted octanol–water partition coefficient (Wildman–Crippen LogP) is -4.91. The molecule has 1 rings (SSSR count). The third kappa shape index (κ3) is 3.30. The second kappa shape index (κ2) is 6.42. The highest BCUT2D eigenvalue weighted by Gasteiger charge is 2.18. The number of ether oxygens (including phenoxy) is 1. The van der Waals surface area contributed by atoms with Crippen molar-refractivity contribution >= 4 is 72.5 Å². The topological polar surface area (TPSA) is 52.3 Å². The van der Waals surface area contributed by atoms with E-state index in [1.165, 1.54) is 0 Å². The molecule has 0 amide bonds. The monoisotopic (exact) mass is 243 g/mol. The molecule has 8 heteroatoms. The molecule has 0 aliphatic rings. The van der Waals surface area contributed by atoms with Crippen molar-refractivity contribution in [1.82, 2.24) is 0 Å². The lowest BCUT2D eigenvalue weighted by Gasteiger charge is -2.22. The minimum Gasteiger partial charge on any atom is -0.465 e. The van der Waals surface area contributed by atoms with Crippen LogP contribution in [0.2, 0.25) is 0 Å². The van der Waals surface area contributed by atoms with Gasteiger partial charge in [0.15, 0.2) is 0 Å². The third-order valence-electron chi connectivity index (χ3n) is 2.82. The van der Waals surface area contributed by atoms with Gasteiger partial charge in [0, 0.05) is 0 Å². The Labute approximate surface area is 120 Å². The van der Waals surface area contributed by atoms with E-state index in [1.54, 1.807) is 6.92 Å². The first-order chi connectivity index (χ1) is 8.81. The van der Waals surface area contributed by atoms with Crippen molar-refractivity contribution in [1.29, 1.82) is 0 Å². The van der Waals surface area contributed by atoms with Crippen LogP contribution < -0.4 is 33.0 Å². The number of nitrogens with two attached hydrogens (primary N) is 1. The Bertz CT molecular complexity index is 477. The maximum Gasteiger partial charge on any atom is 0.323 e. The molecular weight excluding hydrogens is 232 g/mol. The highest BCUT2D eigenvalue weighted by Crippen LogP contribution is 1.96. The van der Waals surface area contributed by atoms with Crippen LogP contribution in [0, 0.1) is 0 Å². The van der Waals surface area contributed by atoms with Crippen LogP contribution in [0.25, 0.3) is 0 Å². The van der Waals surface area contributed by atoms with Crippen molar-refractivity contribution < 1.29 is 9.53 Å². The van der Waals surface area contributed by atoms with Gasteiger partial charge in [-0.15, -0.1) is 27.3 Å². The second-order valence-electron chi connectivity index (χ2n) is 4.11. The average Bonchev–Trinajstić information content (AvgIpc) is 2.39. The molecule has 0 spiro atoms. The van der Waals surface area contributed by atoms with Crippen molar-refractivity contribution in [2.24, 2.45) is 5.73 Å². The van der Waals surface area contributed by atoms with Crippen LogP contribution in [0.15, 0.2) is 0 Å². The quantitative estimate of drug-likeness (QED) is 0.425. The summed E-state index contributed by atoms with van der Waals surface area (Å²) >= 11 is 0. The summed E-state index contributed by atoms with van der Waals surface area (Å²) in [5.74, 6) is -0.546. The van der Waals surface area contributed by atoms with E-state index >= 15 is 0 Å². The molecule has 0 fully saturated rings. The zero-order chi connectivity index (χ0) is 14.7. The molecule has 10 radical (unpaired) electrons. The minimum atomic E-state index is -0.896. The predicted molar refractivity (Wildman–Crippen MR) is 81.7 cm³/mol. The Morgan fingerprint density at radius 1 is 1.05 bits per heavy atom. The van der Waals surface area contributed by atoms with E-state index in [2.05, 4.69) is 0 Å². The zero-order valence-corrected chi connectivity index (χ0v) is 10.8. The summed E-state index contributed by atoms with van der Waals surface area (Å²) in [6, 6.07) is -0.896. The van der Waals surface area contributed by atoms with Gasteiger partial charge in [0.1, 0.15) is 45.3 Å². The summed E-state index contributed by atoms with van der Waals surface area (Å²) in [6.07, 6.45) is 0.0746. The molecule has 0 saturated heterocycles. The molecule has 3 nitrogen and oxygen atoms in total. The molecule has 0 aliphatic heterocycles. The number of carbonyl (C=O) groups excluding carboxylic acids is 1. The van der Waals surface area contributed by atoms with Crippen molar-refractivity contribution in [3.63, 3.8) is 0 Å². The van der Waals surface area contributed by atoms with Gasteiger partial charge in [-0.1, -0.05) is 5.56 Å². The van der Waals surface area contributed by atoms with Crippen molar-refractivity contribution in [3.8, 4) is 0 Å². The molecule has 0 saturated carbocycles. The Morgan fingerprint density at radius 2 is 1.47 bits per heavy atom. The number of hydrogen-bond donors (Lipinski definition) is 1. The summed E-state index contributed by atoms with van der Waals surface area (Å²) in [5, 5.41) is 0. The van der Waals surface area contributed by atoms with Crippen LogP contribution in [-0.4, -0.2) is 57.8 Å². The lowest BCUT2D eigenvalue weighted by molar-refractivity contribution is -0.144. The van der Waals surface area contributed by atoms with Gasteiger partial charge < -0.3 is 10.5 Å². The van der Waals surface area contributed by atoms with Gasteiger partial charge >= 0.3 is 5.97 Å². The molecule has 2 N–H and O–H groups in total. The molecular formula is C11H10B5NO2. The molecule has 1 aromatic rings.